The van der Waals surface area contributed by atoms with E-state index in [4.69, 9.17) is 9.47 Å². The van der Waals surface area contributed by atoms with Gasteiger partial charge in [0.15, 0.2) is 6.29 Å². The summed E-state index contributed by atoms with van der Waals surface area (Å²) in [5.74, 6) is 0. The lowest BCUT2D eigenvalue weighted by atomic mass is 10.4. The van der Waals surface area contributed by atoms with E-state index in [1.165, 1.54) is 15.9 Å². The lowest BCUT2D eigenvalue weighted by Crippen LogP contribution is -3.00. The van der Waals surface area contributed by atoms with E-state index in [0.29, 0.717) is 13.2 Å². The Bertz CT molecular complexity index is 694. The van der Waals surface area contributed by atoms with Gasteiger partial charge in [0.2, 0.25) is 0 Å². The Morgan fingerprint density at radius 2 is 0.929 bits per heavy atom. The first-order valence-corrected chi connectivity index (χ1v) is 11.6. The second-order valence-corrected chi connectivity index (χ2v) is 9.87. The maximum atomic E-state index is 6.01. The van der Waals surface area contributed by atoms with Gasteiger partial charge in [-0.15, -0.1) is 0 Å². The molecule has 3 aromatic rings. The first-order chi connectivity index (χ1) is 13.3. The Hall–Kier alpha value is -1.51. The third kappa shape index (κ3) is 5.10. The monoisotopic (exact) mass is 458 g/mol. The van der Waals surface area contributed by atoms with Crippen molar-refractivity contribution in [2.45, 2.75) is 20.1 Å². The summed E-state index contributed by atoms with van der Waals surface area (Å²) in [6, 6.07) is 32.5. The predicted octanol–water partition coefficient (Wildman–Crippen LogP) is 1.38. The van der Waals surface area contributed by atoms with E-state index in [2.05, 4.69) is 91.0 Å². The molecule has 3 aromatic carbocycles. The number of benzene rings is 3. The summed E-state index contributed by atoms with van der Waals surface area (Å²) >= 11 is 0. The van der Waals surface area contributed by atoms with Gasteiger partial charge in [-0.3, -0.25) is 0 Å². The van der Waals surface area contributed by atoms with Gasteiger partial charge in [0.05, 0.1) is 0 Å². The second-order valence-electron chi connectivity index (χ2n) is 6.34. The molecule has 0 aliphatic heterocycles. The van der Waals surface area contributed by atoms with Crippen molar-refractivity contribution in [3.05, 3.63) is 91.0 Å². The van der Waals surface area contributed by atoms with Crippen molar-refractivity contribution in [3.63, 3.8) is 0 Å². The molecule has 0 radical (unpaired) electrons. The van der Waals surface area contributed by atoms with E-state index in [0.717, 1.165) is 6.16 Å². The van der Waals surface area contributed by atoms with Crippen molar-refractivity contribution >= 4 is 23.2 Å². The van der Waals surface area contributed by atoms with E-state index in [1.54, 1.807) is 0 Å². The molecule has 0 atom stereocenters. The fourth-order valence-electron chi connectivity index (χ4n) is 3.56. The molecule has 0 N–H and O–H groups in total. The maximum absolute atomic E-state index is 6.01. The molecule has 0 spiro atoms. The van der Waals surface area contributed by atoms with Crippen LogP contribution in [0.4, 0.5) is 0 Å². The highest BCUT2D eigenvalue weighted by molar-refractivity contribution is 7.95. The summed E-state index contributed by atoms with van der Waals surface area (Å²) in [6.45, 7) is 5.34. The Labute approximate surface area is 180 Å². The van der Waals surface area contributed by atoms with Gasteiger partial charge < -0.3 is 26.5 Å². The van der Waals surface area contributed by atoms with Gasteiger partial charge in [-0.1, -0.05) is 54.6 Å². The largest absolute Gasteiger partial charge is 1.00 e. The summed E-state index contributed by atoms with van der Waals surface area (Å²) in [4.78, 5) is 0. The lowest BCUT2D eigenvalue weighted by Gasteiger charge is -2.30. The van der Waals surface area contributed by atoms with Crippen molar-refractivity contribution in [1.82, 2.24) is 0 Å². The topological polar surface area (TPSA) is 18.5 Å². The van der Waals surface area contributed by atoms with Gasteiger partial charge >= 0.3 is 0 Å². The smallest absolute Gasteiger partial charge is 0.192 e. The van der Waals surface area contributed by atoms with Crippen LogP contribution in [0.1, 0.15) is 13.8 Å². The van der Waals surface area contributed by atoms with Gasteiger partial charge in [0, 0.05) is 13.2 Å². The number of rotatable bonds is 9. The molecule has 0 heterocycles. The van der Waals surface area contributed by atoms with E-state index in [9.17, 15) is 0 Å². The SMILES string of the molecule is CCOC(C[P+](c1ccccc1)(c1ccccc1)c1ccccc1)OCC.[Br-]. The molecule has 0 unspecified atom stereocenters. The predicted molar refractivity (Wildman–Crippen MR) is 117 cm³/mol. The molecule has 148 valence electrons. The normalized spacial score (nSPS) is 11.2. The van der Waals surface area contributed by atoms with Crippen LogP contribution in [0.15, 0.2) is 91.0 Å². The standard InChI is InChI=1S/C24H28O2P.BrH/c1-3-25-24(26-4-2)20-27(21-14-8-5-9-15-21,22-16-10-6-11-17-22)23-18-12-7-13-19-23;/h5-19,24H,3-4,20H2,1-2H3;1H/q+1;/p-1. The van der Waals surface area contributed by atoms with Crippen LogP contribution in [-0.2, 0) is 9.47 Å². The van der Waals surface area contributed by atoms with Crippen LogP contribution in [0.2, 0.25) is 0 Å². The molecule has 4 heteroatoms. The van der Waals surface area contributed by atoms with Gasteiger partial charge in [0.25, 0.3) is 0 Å². The molecule has 0 aromatic heterocycles. The number of halogens is 1. The van der Waals surface area contributed by atoms with E-state index in [-0.39, 0.29) is 23.3 Å². The van der Waals surface area contributed by atoms with Crippen LogP contribution >= 0.6 is 7.26 Å². The zero-order valence-electron chi connectivity index (χ0n) is 16.5. The third-order valence-corrected chi connectivity index (χ3v) is 9.10. The molecule has 2 nitrogen and oxygen atoms in total. The highest BCUT2D eigenvalue weighted by Gasteiger charge is 2.47. The molecular formula is C24H28BrO2P. The van der Waals surface area contributed by atoms with Crippen LogP contribution < -0.4 is 32.9 Å². The van der Waals surface area contributed by atoms with Crippen LogP contribution in [-0.4, -0.2) is 25.7 Å². The van der Waals surface area contributed by atoms with Gasteiger partial charge in [-0.2, -0.15) is 0 Å². The molecule has 0 saturated carbocycles. The highest BCUT2D eigenvalue weighted by atomic mass is 79.9. The summed E-state index contributed by atoms with van der Waals surface area (Å²) in [6.07, 6.45) is 0.598. The van der Waals surface area contributed by atoms with Crippen molar-refractivity contribution in [1.29, 1.82) is 0 Å². The molecule has 0 amide bonds. The molecule has 0 aliphatic rings. The zero-order chi connectivity index (χ0) is 19.0. The Balaban J connectivity index is 0.00000280. The molecule has 0 bridgehead atoms. The molecule has 3 rings (SSSR count). The van der Waals surface area contributed by atoms with E-state index in [1.807, 2.05) is 13.8 Å². The van der Waals surface area contributed by atoms with Crippen LogP contribution in [0.5, 0.6) is 0 Å². The van der Waals surface area contributed by atoms with Gasteiger partial charge in [0.1, 0.15) is 29.3 Å². The Morgan fingerprint density at radius 3 is 1.21 bits per heavy atom. The van der Waals surface area contributed by atoms with Gasteiger partial charge in [-0.05, 0) is 50.2 Å². The van der Waals surface area contributed by atoms with Crippen LogP contribution in [0.25, 0.3) is 0 Å². The average molecular weight is 459 g/mol. The number of ether oxygens (including phenoxy) is 2. The second kappa shape index (κ2) is 11.5. The first kappa shape index (κ1) is 22.8. The molecular weight excluding hydrogens is 431 g/mol. The van der Waals surface area contributed by atoms with Gasteiger partial charge in [-0.25, -0.2) is 0 Å². The molecule has 0 saturated heterocycles. The number of hydrogen-bond donors (Lipinski definition) is 0. The maximum Gasteiger partial charge on any atom is 0.192 e. The van der Waals surface area contributed by atoms with Crippen molar-refractivity contribution in [3.8, 4) is 0 Å². The third-order valence-electron chi connectivity index (χ3n) is 4.72. The fraction of sp³-hybridized carbons (Fsp3) is 0.250. The quantitative estimate of drug-likeness (QED) is 0.356. The summed E-state index contributed by atoms with van der Waals surface area (Å²) in [7, 11) is -1.92. The van der Waals surface area contributed by atoms with E-state index >= 15 is 0 Å². The average Bonchev–Trinajstić information content (AvgIpc) is 2.74. The van der Waals surface area contributed by atoms with Crippen molar-refractivity contribution in [2.24, 2.45) is 0 Å². The van der Waals surface area contributed by atoms with Crippen molar-refractivity contribution < 1.29 is 26.5 Å². The molecule has 28 heavy (non-hydrogen) atoms. The molecule has 0 fully saturated rings. The fourth-order valence-corrected chi connectivity index (χ4v) is 7.79. The zero-order valence-corrected chi connectivity index (χ0v) is 19.0. The minimum Gasteiger partial charge on any atom is -1.00 e. The summed E-state index contributed by atoms with van der Waals surface area (Å²) in [5.41, 5.74) is 0. The Kier molecular flexibility index (Phi) is 9.34. The highest BCUT2D eigenvalue weighted by Crippen LogP contribution is 2.56. The van der Waals surface area contributed by atoms with Crippen LogP contribution in [0, 0.1) is 0 Å². The summed E-state index contributed by atoms with van der Waals surface area (Å²) < 4.78 is 12.0. The van der Waals surface area contributed by atoms with E-state index < -0.39 is 7.26 Å². The van der Waals surface area contributed by atoms with Crippen molar-refractivity contribution in [2.75, 3.05) is 19.4 Å². The Morgan fingerprint density at radius 1 is 0.607 bits per heavy atom. The molecule has 0 aliphatic carbocycles. The minimum atomic E-state index is -1.92. The lowest BCUT2D eigenvalue weighted by molar-refractivity contribution is -0.120. The first-order valence-electron chi connectivity index (χ1n) is 9.59. The minimum absolute atomic E-state index is 0. The number of hydrogen-bond acceptors (Lipinski definition) is 2. The summed E-state index contributed by atoms with van der Waals surface area (Å²) in [5, 5.41) is 4.06. The van der Waals surface area contributed by atoms with Crippen LogP contribution in [0.3, 0.4) is 0 Å².